The van der Waals surface area contributed by atoms with Crippen molar-refractivity contribution < 1.29 is 14.6 Å². The standard InChI is InChI=1S/C12H22N2O3/c1-3-4-13(5-7-15)10-12(16)14-6-8-17-11(2)9-14/h3,11,15H,1,4-10H2,2H3. The SMILES string of the molecule is C=CCN(CCO)CC(=O)N1CCOC(C)C1. The van der Waals surface area contributed by atoms with Gasteiger partial charge in [-0.05, 0) is 6.92 Å². The van der Waals surface area contributed by atoms with Gasteiger partial charge in [-0.3, -0.25) is 9.69 Å². The summed E-state index contributed by atoms with van der Waals surface area (Å²) in [4.78, 5) is 15.7. The summed E-state index contributed by atoms with van der Waals surface area (Å²) >= 11 is 0. The third-order valence-corrected chi connectivity index (χ3v) is 2.76. The maximum absolute atomic E-state index is 12.0. The lowest BCUT2D eigenvalue weighted by Gasteiger charge is -2.32. The van der Waals surface area contributed by atoms with Gasteiger partial charge in [0.2, 0.25) is 5.91 Å². The first kappa shape index (κ1) is 14.2. The lowest BCUT2D eigenvalue weighted by molar-refractivity contribution is -0.139. The van der Waals surface area contributed by atoms with Crippen LogP contribution in [0.4, 0.5) is 0 Å². The number of aliphatic hydroxyl groups is 1. The van der Waals surface area contributed by atoms with Crippen LogP contribution < -0.4 is 0 Å². The van der Waals surface area contributed by atoms with E-state index in [4.69, 9.17) is 9.84 Å². The molecule has 1 N–H and O–H groups in total. The van der Waals surface area contributed by atoms with Gasteiger partial charge in [-0.2, -0.15) is 0 Å². The van der Waals surface area contributed by atoms with Crippen molar-refractivity contribution in [1.82, 2.24) is 9.80 Å². The molecule has 0 aromatic carbocycles. The van der Waals surface area contributed by atoms with Crippen LogP contribution in [0.15, 0.2) is 12.7 Å². The average Bonchev–Trinajstić information content (AvgIpc) is 2.29. The van der Waals surface area contributed by atoms with Gasteiger partial charge in [0.05, 0.1) is 25.9 Å². The molecule has 1 rings (SSSR count). The van der Waals surface area contributed by atoms with Crippen molar-refractivity contribution in [2.24, 2.45) is 0 Å². The average molecular weight is 242 g/mol. The van der Waals surface area contributed by atoms with Crippen molar-refractivity contribution in [1.29, 1.82) is 0 Å². The number of hydrogen-bond donors (Lipinski definition) is 1. The van der Waals surface area contributed by atoms with Crippen molar-refractivity contribution in [3.05, 3.63) is 12.7 Å². The molecule has 1 heterocycles. The van der Waals surface area contributed by atoms with Crippen molar-refractivity contribution >= 4 is 5.91 Å². The van der Waals surface area contributed by atoms with Crippen LogP contribution in [0.1, 0.15) is 6.92 Å². The van der Waals surface area contributed by atoms with E-state index in [0.717, 1.165) is 0 Å². The summed E-state index contributed by atoms with van der Waals surface area (Å²) < 4.78 is 5.39. The maximum Gasteiger partial charge on any atom is 0.236 e. The molecule has 1 unspecified atom stereocenters. The van der Waals surface area contributed by atoms with E-state index in [1.54, 1.807) is 6.08 Å². The number of hydrogen-bond acceptors (Lipinski definition) is 4. The molecule has 0 bridgehead atoms. The van der Waals surface area contributed by atoms with Gasteiger partial charge in [0, 0.05) is 26.2 Å². The Morgan fingerprint density at radius 1 is 1.71 bits per heavy atom. The van der Waals surface area contributed by atoms with Gasteiger partial charge in [-0.1, -0.05) is 6.08 Å². The van der Waals surface area contributed by atoms with Crippen LogP contribution >= 0.6 is 0 Å². The van der Waals surface area contributed by atoms with E-state index in [1.807, 2.05) is 16.7 Å². The van der Waals surface area contributed by atoms with E-state index in [2.05, 4.69) is 6.58 Å². The van der Waals surface area contributed by atoms with Crippen LogP contribution in [-0.4, -0.2) is 72.9 Å². The highest BCUT2D eigenvalue weighted by atomic mass is 16.5. The van der Waals surface area contributed by atoms with E-state index in [1.165, 1.54) is 0 Å². The Morgan fingerprint density at radius 3 is 3.06 bits per heavy atom. The molecule has 0 saturated carbocycles. The van der Waals surface area contributed by atoms with Crippen LogP contribution in [0.3, 0.4) is 0 Å². The Bertz CT molecular complexity index is 258. The van der Waals surface area contributed by atoms with Crippen molar-refractivity contribution in [2.45, 2.75) is 13.0 Å². The Hall–Kier alpha value is -0.910. The first-order valence-corrected chi connectivity index (χ1v) is 6.01. The minimum absolute atomic E-state index is 0.0562. The first-order valence-electron chi connectivity index (χ1n) is 6.01. The number of morpholine rings is 1. The molecule has 1 saturated heterocycles. The first-order chi connectivity index (χ1) is 8.17. The zero-order chi connectivity index (χ0) is 12.7. The maximum atomic E-state index is 12.0. The second-order valence-electron chi connectivity index (χ2n) is 4.27. The molecule has 0 aliphatic carbocycles. The Morgan fingerprint density at radius 2 is 2.47 bits per heavy atom. The molecule has 0 radical (unpaired) electrons. The Kier molecular flexibility index (Phi) is 6.18. The Labute approximate surface area is 103 Å². The molecule has 1 fully saturated rings. The molecule has 1 atom stereocenters. The van der Waals surface area contributed by atoms with Gasteiger partial charge in [0.1, 0.15) is 0 Å². The molecule has 0 spiro atoms. The van der Waals surface area contributed by atoms with Gasteiger partial charge >= 0.3 is 0 Å². The highest BCUT2D eigenvalue weighted by Crippen LogP contribution is 2.05. The summed E-state index contributed by atoms with van der Waals surface area (Å²) in [5.74, 6) is 0.0930. The second kappa shape index (κ2) is 7.42. The van der Waals surface area contributed by atoms with Crippen LogP contribution in [0, 0.1) is 0 Å². The molecular formula is C12H22N2O3. The fourth-order valence-electron chi connectivity index (χ4n) is 1.90. The molecular weight excluding hydrogens is 220 g/mol. The third-order valence-electron chi connectivity index (χ3n) is 2.76. The van der Waals surface area contributed by atoms with Crippen LogP contribution in [-0.2, 0) is 9.53 Å². The van der Waals surface area contributed by atoms with Gasteiger partial charge in [0.15, 0.2) is 0 Å². The normalized spacial score (nSPS) is 20.6. The van der Waals surface area contributed by atoms with Crippen LogP contribution in [0.2, 0.25) is 0 Å². The number of nitrogens with zero attached hydrogens (tertiary/aromatic N) is 2. The molecule has 17 heavy (non-hydrogen) atoms. The molecule has 0 aromatic heterocycles. The van der Waals surface area contributed by atoms with E-state index in [0.29, 0.717) is 39.3 Å². The zero-order valence-corrected chi connectivity index (χ0v) is 10.5. The number of carbonyl (C=O) groups excluding carboxylic acids is 1. The number of ether oxygens (including phenoxy) is 1. The highest BCUT2D eigenvalue weighted by molar-refractivity contribution is 5.78. The Balaban J connectivity index is 2.42. The minimum atomic E-state index is 0.0562. The lowest BCUT2D eigenvalue weighted by Crippen LogP contribution is -2.48. The van der Waals surface area contributed by atoms with E-state index >= 15 is 0 Å². The summed E-state index contributed by atoms with van der Waals surface area (Å²) in [6.07, 6.45) is 1.85. The second-order valence-corrected chi connectivity index (χ2v) is 4.27. The van der Waals surface area contributed by atoms with Gasteiger partial charge in [-0.25, -0.2) is 0 Å². The van der Waals surface area contributed by atoms with Crippen LogP contribution in [0.25, 0.3) is 0 Å². The summed E-state index contributed by atoms with van der Waals surface area (Å²) in [5.41, 5.74) is 0. The zero-order valence-electron chi connectivity index (χ0n) is 10.5. The fraction of sp³-hybridized carbons (Fsp3) is 0.750. The van der Waals surface area contributed by atoms with Crippen molar-refractivity contribution in [2.75, 3.05) is 45.9 Å². The van der Waals surface area contributed by atoms with Gasteiger partial charge in [0.25, 0.3) is 0 Å². The van der Waals surface area contributed by atoms with E-state index in [9.17, 15) is 4.79 Å². The van der Waals surface area contributed by atoms with Crippen LogP contribution in [0.5, 0.6) is 0 Å². The monoisotopic (exact) mass is 242 g/mol. The lowest BCUT2D eigenvalue weighted by atomic mass is 10.3. The molecule has 1 aliphatic rings. The molecule has 98 valence electrons. The van der Waals surface area contributed by atoms with E-state index < -0.39 is 0 Å². The van der Waals surface area contributed by atoms with Crippen molar-refractivity contribution in [3.63, 3.8) is 0 Å². The molecule has 1 amide bonds. The van der Waals surface area contributed by atoms with Gasteiger partial charge < -0.3 is 14.7 Å². The predicted molar refractivity (Wildman–Crippen MR) is 65.7 cm³/mol. The summed E-state index contributed by atoms with van der Waals surface area (Å²) in [6.45, 7) is 9.03. The number of amides is 1. The number of aliphatic hydroxyl groups excluding tert-OH is 1. The smallest absolute Gasteiger partial charge is 0.236 e. The minimum Gasteiger partial charge on any atom is -0.395 e. The third kappa shape index (κ3) is 4.85. The molecule has 5 nitrogen and oxygen atoms in total. The highest BCUT2D eigenvalue weighted by Gasteiger charge is 2.22. The number of rotatable bonds is 6. The molecule has 0 aromatic rings. The summed E-state index contributed by atoms with van der Waals surface area (Å²) in [7, 11) is 0. The summed E-state index contributed by atoms with van der Waals surface area (Å²) in [5, 5.41) is 8.91. The number of carbonyl (C=O) groups is 1. The quantitative estimate of drug-likeness (QED) is 0.651. The predicted octanol–water partition coefficient (Wildman–Crippen LogP) is -0.286. The van der Waals surface area contributed by atoms with Gasteiger partial charge in [-0.15, -0.1) is 6.58 Å². The molecule has 1 aliphatic heterocycles. The van der Waals surface area contributed by atoms with E-state index in [-0.39, 0.29) is 18.6 Å². The largest absolute Gasteiger partial charge is 0.395 e. The fourth-order valence-corrected chi connectivity index (χ4v) is 1.90. The summed E-state index contributed by atoms with van der Waals surface area (Å²) in [6, 6.07) is 0. The van der Waals surface area contributed by atoms with Crippen molar-refractivity contribution in [3.8, 4) is 0 Å². The molecule has 5 heteroatoms. The topological polar surface area (TPSA) is 53.0 Å².